The largest absolute Gasteiger partial charge is 0.493 e. The fourth-order valence-corrected chi connectivity index (χ4v) is 1.31. The highest BCUT2D eigenvalue weighted by Gasteiger charge is 2.15. The molecule has 0 fully saturated rings. The maximum atomic E-state index is 10.4. The molecule has 5 heteroatoms. The van der Waals surface area contributed by atoms with Gasteiger partial charge in [-0.1, -0.05) is 6.07 Å². The highest BCUT2D eigenvalue weighted by Crippen LogP contribution is 2.39. The third-order valence-corrected chi connectivity index (χ3v) is 2.04. The lowest BCUT2D eigenvalue weighted by Crippen LogP contribution is -2.11. The van der Waals surface area contributed by atoms with Crippen molar-refractivity contribution in [1.29, 1.82) is 0 Å². The monoisotopic (exact) mass is 226 g/mol. The molecule has 0 atom stereocenters. The fourth-order valence-electron chi connectivity index (χ4n) is 1.31. The van der Waals surface area contributed by atoms with Gasteiger partial charge in [0, 0.05) is 0 Å². The number of carboxylic acid groups (broad SMARTS) is 1. The number of aliphatic carboxylic acids is 1. The number of hydrogen-bond donors (Lipinski definition) is 1. The van der Waals surface area contributed by atoms with Gasteiger partial charge in [0.05, 0.1) is 14.2 Å². The Kier molecular flexibility index (Phi) is 3.99. The average molecular weight is 226 g/mol. The Morgan fingerprint density at radius 2 is 1.94 bits per heavy atom. The molecule has 1 N–H and O–H groups in total. The van der Waals surface area contributed by atoms with Gasteiger partial charge in [0.15, 0.2) is 18.1 Å². The Morgan fingerprint density at radius 3 is 2.44 bits per heavy atom. The highest BCUT2D eigenvalue weighted by atomic mass is 16.5. The van der Waals surface area contributed by atoms with Crippen LogP contribution in [0, 0.1) is 6.92 Å². The van der Waals surface area contributed by atoms with E-state index in [0.717, 1.165) is 5.56 Å². The Morgan fingerprint density at radius 1 is 1.25 bits per heavy atom. The van der Waals surface area contributed by atoms with Crippen LogP contribution in [0.15, 0.2) is 12.1 Å². The quantitative estimate of drug-likeness (QED) is 0.823. The molecule has 0 radical (unpaired) electrons. The molecule has 0 bridgehead atoms. The maximum Gasteiger partial charge on any atom is 0.341 e. The summed E-state index contributed by atoms with van der Waals surface area (Å²) in [5.74, 6) is 0.269. The van der Waals surface area contributed by atoms with Crippen LogP contribution in [0.1, 0.15) is 5.56 Å². The van der Waals surface area contributed by atoms with Crippen LogP contribution < -0.4 is 14.2 Å². The molecule has 0 aliphatic rings. The lowest BCUT2D eigenvalue weighted by molar-refractivity contribution is -0.139. The number of methoxy groups -OCH3 is 2. The first kappa shape index (κ1) is 12.2. The SMILES string of the molecule is COc1ccc(C)c(OCC(=O)O)c1OC. The molecule has 1 aromatic rings. The van der Waals surface area contributed by atoms with E-state index in [1.54, 1.807) is 19.1 Å². The van der Waals surface area contributed by atoms with Crippen molar-refractivity contribution in [1.82, 2.24) is 0 Å². The second-order valence-electron chi connectivity index (χ2n) is 3.13. The van der Waals surface area contributed by atoms with Crippen LogP contribution in [0.4, 0.5) is 0 Å². The molecular formula is C11H14O5. The standard InChI is InChI=1S/C11H14O5/c1-7-4-5-8(14-2)11(15-3)10(7)16-6-9(12)13/h4-5H,6H2,1-3H3,(H,12,13). The average Bonchev–Trinajstić information content (AvgIpc) is 2.26. The minimum absolute atomic E-state index is 0.393. The predicted octanol–water partition coefficient (Wildman–Crippen LogP) is 1.48. The second-order valence-corrected chi connectivity index (χ2v) is 3.13. The summed E-state index contributed by atoms with van der Waals surface area (Å²) in [6.45, 7) is 1.39. The first-order valence-corrected chi connectivity index (χ1v) is 4.66. The third-order valence-electron chi connectivity index (χ3n) is 2.04. The van der Waals surface area contributed by atoms with Crippen molar-refractivity contribution in [2.75, 3.05) is 20.8 Å². The molecule has 0 heterocycles. The fraction of sp³-hybridized carbons (Fsp3) is 0.364. The molecule has 0 saturated heterocycles. The third kappa shape index (κ3) is 2.56. The maximum absolute atomic E-state index is 10.4. The summed E-state index contributed by atoms with van der Waals surface area (Å²) >= 11 is 0. The van der Waals surface area contributed by atoms with Gasteiger partial charge in [-0.05, 0) is 18.6 Å². The number of carboxylic acids is 1. The van der Waals surface area contributed by atoms with Gasteiger partial charge in [0.1, 0.15) is 0 Å². The van der Waals surface area contributed by atoms with Gasteiger partial charge in [-0.25, -0.2) is 4.79 Å². The molecule has 1 rings (SSSR count). The van der Waals surface area contributed by atoms with Crippen LogP contribution in [-0.4, -0.2) is 31.9 Å². The van der Waals surface area contributed by atoms with Crippen molar-refractivity contribution < 1.29 is 24.1 Å². The Balaban J connectivity index is 3.07. The van der Waals surface area contributed by atoms with Crippen LogP contribution in [0.2, 0.25) is 0 Å². The van der Waals surface area contributed by atoms with Crippen molar-refractivity contribution in [3.05, 3.63) is 17.7 Å². The number of ether oxygens (including phenoxy) is 3. The lowest BCUT2D eigenvalue weighted by atomic mass is 10.2. The van der Waals surface area contributed by atoms with Crippen LogP contribution in [0.25, 0.3) is 0 Å². The smallest absolute Gasteiger partial charge is 0.341 e. The molecule has 5 nitrogen and oxygen atoms in total. The summed E-state index contributed by atoms with van der Waals surface area (Å²) < 4.78 is 15.4. The number of carbonyl (C=O) groups is 1. The summed E-state index contributed by atoms with van der Waals surface area (Å²) in [6, 6.07) is 3.51. The van der Waals surface area contributed by atoms with E-state index in [1.807, 2.05) is 0 Å². The van der Waals surface area contributed by atoms with E-state index in [-0.39, 0.29) is 0 Å². The van der Waals surface area contributed by atoms with Crippen LogP contribution >= 0.6 is 0 Å². The molecule has 0 amide bonds. The van der Waals surface area contributed by atoms with E-state index in [4.69, 9.17) is 19.3 Å². The zero-order valence-electron chi connectivity index (χ0n) is 9.44. The number of hydrogen-bond acceptors (Lipinski definition) is 4. The molecule has 0 spiro atoms. The van der Waals surface area contributed by atoms with Crippen molar-refractivity contribution in [2.24, 2.45) is 0 Å². The molecule has 0 aliphatic heterocycles. The normalized spacial score (nSPS) is 9.69. The molecule has 0 aromatic heterocycles. The number of aryl methyl sites for hydroxylation is 1. The first-order valence-electron chi connectivity index (χ1n) is 4.66. The van der Waals surface area contributed by atoms with E-state index in [2.05, 4.69) is 0 Å². The van der Waals surface area contributed by atoms with Crippen molar-refractivity contribution in [2.45, 2.75) is 6.92 Å². The van der Waals surface area contributed by atoms with Crippen molar-refractivity contribution in [3.63, 3.8) is 0 Å². The Labute approximate surface area is 93.6 Å². The van der Waals surface area contributed by atoms with Gasteiger partial charge in [-0.15, -0.1) is 0 Å². The first-order chi connectivity index (χ1) is 7.60. The van der Waals surface area contributed by atoms with E-state index >= 15 is 0 Å². The molecule has 0 unspecified atom stereocenters. The zero-order chi connectivity index (χ0) is 12.1. The summed E-state index contributed by atoms with van der Waals surface area (Å²) in [6.07, 6.45) is 0. The van der Waals surface area contributed by atoms with Crippen molar-refractivity contribution >= 4 is 5.97 Å². The predicted molar refractivity (Wildman–Crippen MR) is 57.4 cm³/mol. The van der Waals surface area contributed by atoms with Gasteiger partial charge in [-0.2, -0.15) is 0 Å². The lowest BCUT2D eigenvalue weighted by Gasteiger charge is -2.14. The van der Waals surface area contributed by atoms with E-state index in [1.165, 1.54) is 14.2 Å². The summed E-state index contributed by atoms with van der Waals surface area (Å²) in [5, 5.41) is 8.56. The highest BCUT2D eigenvalue weighted by molar-refractivity contribution is 5.69. The second kappa shape index (κ2) is 5.25. The van der Waals surface area contributed by atoms with Gasteiger partial charge in [0.25, 0.3) is 0 Å². The van der Waals surface area contributed by atoms with Crippen LogP contribution in [-0.2, 0) is 4.79 Å². The number of rotatable bonds is 5. The summed E-state index contributed by atoms with van der Waals surface area (Å²) in [5.41, 5.74) is 0.791. The van der Waals surface area contributed by atoms with E-state index in [0.29, 0.717) is 17.2 Å². The molecular weight excluding hydrogens is 212 g/mol. The molecule has 1 aromatic carbocycles. The van der Waals surface area contributed by atoms with E-state index in [9.17, 15) is 4.79 Å². The summed E-state index contributed by atoms with van der Waals surface area (Å²) in [4.78, 5) is 10.4. The molecule has 0 saturated carbocycles. The van der Waals surface area contributed by atoms with Gasteiger partial charge < -0.3 is 19.3 Å². The van der Waals surface area contributed by atoms with Crippen molar-refractivity contribution in [3.8, 4) is 17.2 Å². The Hall–Kier alpha value is -1.91. The zero-order valence-corrected chi connectivity index (χ0v) is 9.44. The molecule has 88 valence electrons. The van der Waals surface area contributed by atoms with Gasteiger partial charge in [-0.3, -0.25) is 0 Å². The molecule has 16 heavy (non-hydrogen) atoms. The topological polar surface area (TPSA) is 65.0 Å². The summed E-state index contributed by atoms with van der Waals surface area (Å²) in [7, 11) is 2.99. The minimum Gasteiger partial charge on any atom is -0.493 e. The van der Waals surface area contributed by atoms with Crippen LogP contribution in [0.5, 0.6) is 17.2 Å². The van der Waals surface area contributed by atoms with Gasteiger partial charge in [0.2, 0.25) is 5.75 Å². The van der Waals surface area contributed by atoms with Crippen LogP contribution in [0.3, 0.4) is 0 Å². The van der Waals surface area contributed by atoms with E-state index < -0.39 is 12.6 Å². The molecule has 0 aliphatic carbocycles. The minimum atomic E-state index is -1.04. The Bertz CT molecular complexity index is 386. The number of benzene rings is 1. The van der Waals surface area contributed by atoms with Gasteiger partial charge >= 0.3 is 5.97 Å².